The summed E-state index contributed by atoms with van der Waals surface area (Å²) >= 11 is 1.91. The molecule has 1 amide bonds. The van der Waals surface area contributed by atoms with E-state index in [2.05, 4.69) is 16.3 Å². The van der Waals surface area contributed by atoms with E-state index in [1.807, 2.05) is 71.3 Å². The minimum Gasteiger partial charge on any atom is -0.337 e. The predicted molar refractivity (Wildman–Crippen MR) is 112 cm³/mol. The highest BCUT2D eigenvalue weighted by atomic mass is 35.5. The van der Waals surface area contributed by atoms with E-state index in [1.165, 1.54) is 0 Å². The standard InChI is InChI=1S/C20H19N3OS.ClH/c24-20(23-11-13-25-14-12-23)16-8-5-15(6-9-16)7-10-19-17-3-1-2-4-18(17)21-22-19;/h1-10H,11-14H2,(H,21,22);1H. The van der Waals surface area contributed by atoms with E-state index in [1.54, 1.807) is 0 Å². The van der Waals surface area contributed by atoms with Crippen molar-refractivity contribution >= 4 is 53.1 Å². The number of aromatic amines is 1. The number of carbonyl (C=O) groups is 1. The number of H-pyrrole nitrogens is 1. The van der Waals surface area contributed by atoms with Crippen LogP contribution < -0.4 is 0 Å². The summed E-state index contributed by atoms with van der Waals surface area (Å²) < 4.78 is 0. The van der Waals surface area contributed by atoms with Crippen LogP contribution in [0.5, 0.6) is 0 Å². The molecule has 0 radical (unpaired) electrons. The fourth-order valence-corrected chi connectivity index (χ4v) is 3.88. The predicted octanol–water partition coefficient (Wildman–Crippen LogP) is 4.34. The third-order valence-corrected chi connectivity index (χ3v) is 5.33. The third kappa shape index (κ3) is 3.94. The average Bonchev–Trinajstić information content (AvgIpc) is 3.10. The van der Waals surface area contributed by atoms with Crippen molar-refractivity contribution in [2.24, 2.45) is 0 Å². The van der Waals surface area contributed by atoms with Crippen LogP contribution in [0.2, 0.25) is 0 Å². The fourth-order valence-electron chi connectivity index (χ4n) is 2.97. The molecule has 0 unspecified atom stereocenters. The van der Waals surface area contributed by atoms with Crippen LogP contribution in [0.1, 0.15) is 21.6 Å². The van der Waals surface area contributed by atoms with Crippen molar-refractivity contribution in [3.8, 4) is 0 Å². The molecule has 1 N–H and O–H groups in total. The smallest absolute Gasteiger partial charge is 0.253 e. The van der Waals surface area contributed by atoms with Gasteiger partial charge in [0.1, 0.15) is 0 Å². The van der Waals surface area contributed by atoms with Crippen LogP contribution in [0.25, 0.3) is 23.1 Å². The largest absolute Gasteiger partial charge is 0.337 e. The molecule has 3 aromatic rings. The molecule has 6 heteroatoms. The summed E-state index contributed by atoms with van der Waals surface area (Å²) in [5.41, 5.74) is 3.76. The van der Waals surface area contributed by atoms with Gasteiger partial charge < -0.3 is 4.90 Å². The van der Waals surface area contributed by atoms with E-state index >= 15 is 0 Å². The van der Waals surface area contributed by atoms with Crippen LogP contribution in [-0.4, -0.2) is 45.6 Å². The van der Waals surface area contributed by atoms with Gasteiger partial charge in [-0.15, -0.1) is 12.4 Å². The maximum Gasteiger partial charge on any atom is 0.253 e. The SMILES string of the molecule is Cl.O=C(c1ccc(C=Cc2n[nH]c3ccccc23)cc1)N1CCSCC1. The number of fused-ring (bicyclic) bond motifs is 1. The number of amides is 1. The summed E-state index contributed by atoms with van der Waals surface area (Å²) in [5, 5.41) is 8.48. The van der Waals surface area contributed by atoms with Crippen molar-refractivity contribution < 1.29 is 4.79 Å². The Morgan fingerprint density at radius 2 is 1.77 bits per heavy atom. The Bertz CT molecular complexity index is 914. The lowest BCUT2D eigenvalue weighted by Gasteiger charge is -2.26. The normalized spacial score (nSPS) is 14.5. The molecule has 1 fully saturated rings. The molecule has 0 bridgehead atoms. The van der Waals surface area contributed by atoms with Gasteiger partial charge in [-0.25, -0.2) is 0 Å². The van der Waals surface area contributed by atoms with Gasteiger partial charge in [-0.1, -0.05) is 36.4 Å². The minimum atomic E-state index is 0. The first-order valence-electron chi connectivity index (χ1n) is 8.39. The molecule has 2 aromatic carbocycles. The molecule has 4 nitrogen and oxygen atoms in total. The van der Waals surface area contributed by atoms with E-state index < -0.39 is 0 Å². The first kappa shape index (κ1) is 18.5. The van der Waals surface area contributed by atoms with Crippen LogP contribution in [0, 0.1) is 0 Å². The van der Waals surface area contributed by atoms with Crippen molar-refractivity contribution in [1.82, 2.24) is 15.1 Å². The number of aromatic nitrogens is 2. The second-order valence-electron chi connectivity index (χ2n) is 6.01. The summed E-state index contributed by atoms with van der Waals surface area (Å²) in [6.45, 7) is 1.69. The lowest BCUT2D eigenvalue weighted by molar-refractivity contribution is 0.0772. The third-order valence-electron chi connectivity index (χ3n) is 4.39. The van der Waals surface area contributed by atoms with E-state index in [9.17, 15) is 4.79 Å². The van der Waals surface area contributed by atoms with Crippen molar-refractivity contribution in [3.63, 3.8) is 0 Å². The highest BCUT2D eigenvalue weighted by molar-refractivity contribution is 7.99. The van der Waals surface area contributed by atoms with Gasteiger partial charge in [0, 0.05) is 35.5 Å². The number of halogens is 1. The molecule has 1 saturated heterocycles. The van der Waals surface area contributed by atoms with E-state index in [0.717, 1.165) is 52.3 Å². The number of nitrogens with zero attached hydrogens (tertiary/aromatic N) is 2. The van der Waals surface area contributed by atoms with Crippen molar-refractivity contribution in [3.05, 3.63) is 65.4 Å². The summed E-state index contributed by atoms with van der Waals surface area (Å²) in [7, 11) is 0. The fraction of sp³-hybridized carbons (Fsp3) is 0.200. The quantitative estimate of drug-likeness (QED) is 0.729. The molecule has 1 aromatic heterocycles. The number of rotatable bonds is 3. The van der Waals surface area contributed by atoms with Crippen molar-refractivity contribution in [1.29, 1.82) is 0 Å². The number of hydrogen-bond donors (Lipinski definition) is 1. The lowest BCUT2D eigenvalue weighted by Crippen LogP contribution is -2.37. The Morgan fingerprint density at radius 3 is 2.54 bits per heavy atom. The lowest BCUT2D eigenvalue weighted by atomic mass is 10.1. The van der Waals surface area contributed by atoms with Crippen LogP contribution in [0.15, 0.2) is 48.5 Å². The Kier molecular flexibility index (Phi) is 6.01. The summed E-state index contributed by atoms with van der Waals surface area (Å²) in [6.07, 6.45) is 4.02. The summed E-state index contributed by atoms with van der Waals surface area (Å²) in [5.74, 6) is 2.20. The highest BCUT2D eigenvalue weighted by Gasteiger charge is 2.17. The number of thioether (sulfide) groups is 1. The monoisotopic (exact) mass is 385 g/mol. The van der Waals surface area contributed by atoms with E-state index in [0.29, 0.717) is 0 Å². The van der Waals surface area contributed by atoms with Gasteiger partial charge in [0.25, 0.3) is 5.91 Å². The van der Waals surface area contributed by atoms with Crippen molar-refractivity contribution in [2.45, 2.75) is 0 Å². The number of hydrogen-bond acceptors (Lipinski definition) is 3. The number of carbonyl (C=O) groups excluding carboxylic acids is 1. The Hall–Kier alpha value is -2.24. The molecular weight excluding hydrogens is 366 g/mol. The number of benzene rings is 2. The van der Waals surface area contributed by atoms with Crippen LogP contribution in [-0.2, 0) is 0 Å². The van der Waals surface area contributed by atoms with Gasteiger partial charge in [-0.2, -0.15) is 16.9 Å². The molecular formula is C20H20ClN3OS. The number of nitrogens with one attached hydrogen (secondary N) is 1. The number of para-hydroxylation sites is 1. The Labute approximate surface area is 163 Å². The summed E-state index contributed by atoms with van der Waals surface area (Å²) in [4.78, 5) is 14.4. The van der Waals surface area contributed by atoms with Gasteiger partial charge >= 0.3 is 0 Å². The van der Waals surface area contributed by atoms with E-state index in [4.69, 9.17) is 0 Å². The van der Waals surface area contributed by atoms with E-state index in [-0.39, 0.29) is 18.3 Å². The van der Waals surface area contributed by atoms with Crippen LogP contribution in [0.4, 0.5) is 0 Å². The molecule has 134 valence electrons. The molecule has 26 heavy (non-hydrogen) atoms. The Balaban J connectivity index is 0.00000196. The molecule has 0 atom stereocenters. The second-order valence-corrected chi connectivity index (χ2v) is 7.24. The van der Waals surface area contributed by atoms with Crippen molar-refractivity contribution in [2.75, 3.05) is 24.6 Å². The van der Waals surface area contributed by atoms with Gasteiger partial charge in [-0.3, -0.25) is 9.89 Å². The molecule has 0 aliphatic carbocycles. The molecule has 0 saturated carbocycles. The zero-order chi connectivity index (χ0) is 17.1. The first-order valence-corrected chi connectivity index (χ1v) is 9.55. The maximum atomic E-state index is 12.5. The maximum absolute atomic E-state index is 12.5. The topological polar surface area (TPSA) is 49.0 Å². The van der Waals surface area contributed by atoms with Gasteiger partial charge in [-0.05, 0) is 29.8 Å². The molecule has 1 aliphatic rings. The van der Waals surface area contributed by atoms with Crippen LogP contribution >= 0.6 is 24.2 Å². The van der Waals surface area contributed by atoms with Gasteiger partial charge in [0.2, 0.25) is 0 Å². The Morgan fingerprint density at radius 1 is 1.04 bits per heavy atom. The zero-order valence-electron chi connectivity index (χ0n) is 14.2. The van der Waals surface area contributed by atoms with Crippen LogP contribution in [0.3, 0.4) is 0 Å². The molecule has 1 aliphatic heterocycles. The van der Waals surface area contributed by atoms with Gasteiger partial charge in [0.15, 0.2) is 0 Å². The minimum absolute atomic E-state index is 0. The first-order chi connectivity index (χ1) is 12.3. The van der Waals surface area contributed by atoms with Gasteiger partial charge in [0.05, 0.1) is 11.2 Å². The molecule has 2 heterocycles. The zero-order valence-corrected chi connectivity index (χ0v) is 15.9. The second kappa shape index (κ2) is 8.43. The average molecular weight is 386 g/mol. The molecule has 0 spiro atoms. The summed E-state index contributed by atoms with van der Waals surface area (Å²) in [6, 6.07) is 15.9. The highest BCUT2D eigenvalue weighted by Crippen LogP contribution is 2.18. The molecule has 4 rings (SSSR count).